The van der Waals surface area contributed by atoms with E-state index in [1.54, 1.807) is 0 Å². The van der Waals surface area contributed by atoms with E-state index in [9.17, 15) is 4.79 Å². The van der Waals surface area contributed by atoms with Crippen molar-refractivity contribution >= 4 is 6.16 Å². The van der Waals surface area contributed by atoms with Gasteiger partial charge in [0.05, 0.1) is 6.61 Å². The molecule has 0 amide bonds. The summed E-state index contributed by atoms with van der Waals surface area (Å²) < 4.78 is 4.40. The van der Waals surface area contributed by atoms with Crippen LogP contribution in [0.2, 0.25) is 0 Å². The average molecular weight is 202 g/mol. The fraction of sp³-hybridized carbons (Fsp3) is 0.909. The molecule has 0 saturated carbocycles. The maximum absolute atomic E-state index is 9.98. The van der Waals surface area contributed by atoms with E-state index in [-0.39, 0.29) is 0 Å². The minimum absolute atomic E-state index is 0.351. The fourth-order valence-electron chi connectivity index (χ4n) is 1.40. The fourth-order valence-corrected chi connectivity index (χ4v) is 1.40. The Balaban J connectivity index is 2.88. The predicted octanol–water partition coefficient (Wildman–Crippen LogP) is 3.82. The summed E-state index contributed by atoms with van der Waals surface area (Å²) in [5, 5.41) is 8.19. The van der Waals surface area contributed by atoms with E-state index in [1.807, 2.05) is 0 Å². The highest BCUT2D eigenvalue weighted by Gasteiger charge is 1.95. The zero-order valence-corrected chi connectivity index (χ0v) is 9.13. The lowest BCUT2D eigenvalue weighted by Crippen LogP contribution is -2.01. The van der Waals surface area contributed by atoms with Crippen LogP contribution in [-0.2, 0) is 4.74 Å². The van der Waals surface area contributed by atoms with Crippen molar-refractivity contribution in [1.82, 2.24) is 0 Å². The number of hydrogen-bond acceptors (Lipinski definition) is 2. The molecule has 0 aromatic rings. The quantitative estimate of drug-likeness (QED) is 0.456. The number of hydrogen-bond donors (Lipinski definition) is 1. The van der Waals surface area contributed by atoms with Crippen molar-refractivity contribution in [3.8, 4) is 0 Å². The molecule has 0 saturated heterocycles. The van der Waals surface area contributed by atoms with Crippen LogP contribution in [0.1, 0.15) is 58.3 Å². The van der Waals surface area contributed by atoms with Gasteiger partial charge in [-0.25, -0.2) is 4.79 Å². The molecule has 0 bridgehead atoms. The van der Waals surface area contributed by atoms with Crippen molar-refractivity contribution in [1.29, 1.82) is 0 Å². The van der Waals surface area contributed by atoms with E-state index in [2.05, 4.69) is 11.7 Å². The van der Waals surface area contributed by atoms with Crippen molar-refractivity contribution in [2.24, 2.45) is 0 Å². The standard InChI is InChI=1S/C11H22O3/c1-2-3-4-5-6-7-8-9-10-14-11(12)13/h2-10H2,1H3,(H,12,13). The first-order valence-electron chi connectivity index (χ1n) is 5.63. The number of unbranched alkanes of at least 4 members (excludes halogenated alkanes) is 7. The third-order valence-corrected chi connectivity index (χ3v) is 2.22. The SMILES string of the molecule is CCCCCCCCCCOC(=O)O. The first kappa shape index (κ1) is 13.3. The molecular weight excluding hydrogens is 180 g/mol. The average Bonchev–Trinajstić information content (AvgIpc) is 2.15. The maximum atomic E-state index is 9.98. The molecule has 0 heterocycles. The van der Waals surface area contributed by atoms with Gasteiger partial charge in [0.15, 0.2) is 0 Å². The monoisotopic (exact) mass is 202 g/mol. The van der Waals surface area contributed by atoms with Crippen LogP contribution in [0.4, 0.5) is 4.79 Å². The van der Waals surface area contributed by atoms with Crippen molar-refractivity contribution in [2.75, 3.05) is 6.61 Å². The van der Waals surface area contributed by atoms with Gasteiger partial charge >= 0.3 is 6.16 Å². The Morgan fingerprint density at radius 1 is 1.00 bits per heavy atom. The van der Waals surface area contributed by atoms with Gasteiger partial charge in [0, 0.05) is 0 Å². The van der Waals surface area contributed by atoms with E-state index >= 15 is 0 Å². The van der Waals surface area contributed by atoms with Crippen LogP contribution in [0.3, 0.4) is 0 Å². The van der Waals surface area contributed by atoms with Gasteiger partial charge in [0.2, 0.25) is 0 Å². The molecular formula is C11H22O3. The highest BCUT2D eigenvalue weighted by molar-refractivity contribution is 5.56. The lowest BCUT2D eigenvalue weighted by atomic mass is 10.1. The summed E-state index contributed by atoms with van der Waals surface area (Å²) in [4.78, 5) is 9.98. The Morgan fingerprint density at radius 3 is 2.00 bits per heavy atom. The van der Waals surface area contributed by atoms with E-state index in [0.29, 0.717) is 6.61 Å². The predicted molar refractivity (Wildman–Crippen MR) is 56.6 cm³/mol. The van der Waals surface area contributed by atoms with Gasteiger partial charge in [-0.2, -0.15) is 0 Å². The summed E-state index contributed by atoms with van der Waals surface area (Å²) >= 11 is 0. The van der Waals surface area contributed by atoms with E-state index in [1.165, 1.54) is 38.5 Å². The summed E-state index contributed by atoms with van der Waals surface area (Å²) in [6, 6.07) is 0. The molecule has 0 aliphatic rings. The van der Waals surface area contributed by atoms with Gasteiger partial charge < -0.3 is 9.84 Å². The van der Waals surface area contributed by atoms with Crippen molar-refractivity contribution in [3.63, 3.8) is 0 Å². The van der Waals surface area contributed by atoms with E-state index in [4.69, 9.17) is 5.11 Å². The molecule has 14 heavy (non-hydrogen) atoms. The summed E-state index contributed by atoms with van der Waals surface area (Å²) in [6.07, 6.45) is 8.52. The van der Waals surface area contributed by atoms with Gasteiger partial charge in [0.1, 0.15) is 0 Å². The number of carboxylic acid groups (broad SMARTS) is 1. The molecule has 0 aliphatic heterocycles. The van der Waals surface area contributed by atoms with Crippen LogP contribution in [0.5, 0.6) is 0 Å². The maximum Gasteiger partial charge on any atom is 0.505 e. The molecule has 0 unspecified atom stereocenters. The summed E-state index contributed by atoms with van der Waals surface area (Å²) in [5.74, 6) is 0. The third kappa shape index (κ3) is 11.3. The second-order valence-corrected chi connectivity index (χ2v) is 3.59. The van der Waals surface area contributed by atoms with Crippen LogP contribution >= 0.6 is 0 Å². The third-order valence-electron chi connectivity index (χ3n) is 2.22. The van der Waals surface area contributed by atoms with Crippen molar-refractivity contribution < 1.29 is 14.6 Å². The van der Waals surface area contributed by atoms with Gasteiger partial charge in [0.25, 0.3) is 0 Å². The molecule has 0 aromatic carbocycles. The molecule has 1 N–H and O–H groups in total. The lowest BCUT2D eigenvalue weighted by molar-refractivity contribution is 0.0899. The Bertz CT molecular complexity index is 134. The second kappa shape index (κ2) is 10.4. The number of ether oxygens (including phenoxy) is 1. The van der Waals surface area contributed by atoms with Crippen LogP contribution in [-0.4, -0.2) is 17.9 Å². The second-order valence-electron chi connectivity index (χ2n) is 3.59. The van der Waals surface area contributed by atoms with E-state index in [0.717, 1.165) is 12.8 Å². The van der Waals surface area contributed by atoms with Crippen LogP contribution in [0.25, 0.3) is 0 Å². The zero-order valence-electron chi connectivity index (χ0n) is 9.13. The number of carbonyl (C=O) groups is 1. The Morgan fingerprint density at radius 2 is 1.50 bits per heavy atom. The molecule has 3 nitrogen and oxygen atoms in total. The Kier molecular flexibility index (Phi) is 9.81. The van der Waals surface area contributed by atoms with Crippen LogP contribution in [0.15, 0.2) is 0 Å². The highest BCUT2D eigenvalue weighted by Crippen LogP contribution is 2.08. The summed E-state index contributed by atoms with van der Waals surface area (Å²) in [6.45, 7) is 2.56. The molecule has 0 radical (unpaired) electrons. The molecule has 3 heteroatoms. The molecule has 0 aliphatic carbocycles. The minimum Gasteiger partial charge on any atom is -0.450 e. The van der Waals surface area contributed by atoms with E-state index < -0.39 is 6.16 Å². The zero-order chi connectivity index (χ0) is 10.6. The smallest absolute Gasteiger partial charge is 0.450 e. The van der Waals surface area contributed by atoms with Gasteiger partial charge in [-0.15, -0.1) is 0 Å². The Hall–Kier alpha value is -0.730. The lowest BCUT2D eigenvalue weighted by Gasteiger charge is -2.01. The molecule has 0 fully saturated rings. The van der Waals surface area contributed by atoms with Gasteiger partial charge in [-0.05, 0) is 6.42 Å². The molecule has 0 rings (SSSR count). The normalized spacial score (nSPS) is 10.1. The molecule has 0 spiro atoms. The first-order valence-corrected chi connectivity index (χ1v) is 5.63. The molecule has 0 atom stereocenters. The molecule has 84 valence electrons. The van der Waals surface area contributed by atoms with Crippen molar-refractivity contribution in [3.05, 3.63) is 0 Å². The first-order chi connectivity index (χ1) is 6.77. The molecule has 0 aromatic heterocycles. The van der Waals surface area contributed by atoms with Crippen LogP contribution < -0.4 is 0 Å². The highest BCUT2D eigenvalue weighted by atomic mass is 16.7. The topological polar surface area (TPSA) is 46.5 Å². The largest absolute Gasteiger partial charge is 0.505 e. The van der Waals surface area contributed by atoms with Crippen LogP contribution in [0, 0.1) is 0 Å². The van der Waals surface area contributed by atoms with Gasteiger partial charge in [-0.3, -0.25) is 0 Å². The summed E-state index contributed by atoms with van der Waals surface area (Å²) in [5.41, 5.74) is 0. The van der Waals surface area contributed by atoms with Gasteiger partial charge in [-0.1, -0.05) is 51.9 Å². The minimum atomic E-state index is -1.16. The summed E-state index contributed by atoms with van der Waals surface area (Å²) in [7, 11) is 0. The Labute approximate surface area is 86.5 Å². The van der Waals surface area contributed by atoms with Crippen molar-refractivity contribution in [2.45, 2.75) is 58.3 Å². The number of rotatable bonds is 9.